The molecule has 0 atom stereocenters. The van der Waals surface area contributed by atoms with E-state index in [0.29, 0.717) is 11.4 Å². The summed E-state index contributed by atoms with van der Waals surface area (Å²) >= 11 is 1.45. The van der Waals surface area contributed by atoms with Gasteiger partial charge < -0.3 is 9.80 Å². The van der Waals surface area contributed by atoms with Crippen LogP contribution in [-0.4, -0.2) is 46.9 Å². The molecule has 0 bridgehead atoms. The maximum absolute atomic E-state index is 13.3. The molecule has 27 heavy (non-hydrogen) atoms. The van der Waals surface area contributed by atoms with E-state index in [2.05, 4.69) is 39.1 Å². The first-order chi connectivity index (χ1) is 13.1. The predicted octanol–water partition coefficient (Wildman–Crippen LogP) is 3.52. The van der Waals surface area contributed by atoms with Crippen molar-refractivity contribution < 1.29 is 4.79 Å². The molecule has 2 heterocycles. The minimum atomic E-state index is 0.00349. The molecule has 4 rings (SSSR count). The van der Waals surface area contributed by atoms with E-state index in [1.54, 1.807) is 11.9 Å². The highest BCUT2D eigenvalue weighted by Gasteiger charge is 2.40. The summed E-state index contributed by atoms with van der Waals surface area (Å²) in [7, 11) is 5.77. The normalized spacial score (nSPS) is 21.1. The van der Waals surface area contributed by atoms with Crippen LogP contribution in [0.4, 0.5) is 0 Å². The highest BCUT2D eigenvalue weighted by molar-refractivity contribution is 8.18. The van der Waals surface area contributed by atoms with Crippen LogP contribution in [-0.2, 0) is 11.3 Å². The Labute approximate surface area is 164 Å². The van der Waals surface area contributed by atoms with Crippen molar-refractivity contribution in [3.05, 3.63) is 82.3 Å². The molecule has 0 radical (unpaired) electrons. The van der Waals surface area contributed by atoms with Gasteiger partial charge in [-0.2, -0.15) is 0 Å². The van der Waals surface area contributed by atoms with Gasteiger partial charge in [-0.15, -0.1) is 0 Å². The Balaban J connectivity index is 1.70. The van der Waals surface area contributed by atoms with Gasteiger partial charge in [0.05, 0.1) is 17.9 Å². The molecule has 3 aliphatic rings. The highest BCUT2D eigenvalue weighted by Crippen LogP contribution is 2.41. The van der Waals surface area contributed by atoms with Gasteiger partial charge in [-0.05, 0) is 35.9 Å². The van der Waals surface area contributed by atoms with E-state index in [1.807, 2.05) is 44.4 Å². The number of hydrogen-bond acceptors (Lipinski definition) is 5. The molecular formula is C21H22N4OS. The first kappa shape index (κ1) is 17.7. The van der Waals surface area contributed by atoms with Gasteiger partial charge in [-0.1, -0.05) is 42.5 Å². The minimum absolute atomic E-state index is 0.00349. The van der Waals surface area contributed by atoms with Crippen molar-refractivity contribution in [2.45, 2.75) is 13.0 Å². The Morgan fingerprint density at radius 2 is 1.67 bits per heavy atom. The van der Waals surface area contributed by atoms with Crippen molar-refractivity contribution in [3.8, 4) is 0 Å². The minimum Gasteiger partial charge on any atom is -0.328 e. The Kier molecular flexibility index (Phi) is 4.66. The van der Waals surface area contributed by atoms with Crippen LogP contribution in [0.1, 0.15) is 12.0 Å². The zero-order valence-corrected chi connectivity index (χ0v) is 16.5. The van der Waals surface area contributed by atoms with Crippen molar-refractivity contribution in [2.24, 2.45) is 4.99 Å². The first-order valence-electron chi connectivity index (χ1n) is 8.91. The molecule has 1 aliphatic carbocycles. The topological polar surface area (TPSA) is 39.1 Å². The van der Waals surface area contributed by atoms with E-state index >= 15 is 0 Å². The second kappa shape index (κ2) is 7.12. The molecule has 1 aromatic rings. The number of likely N-dealkylation sites (N-methyl/N-ethyl adjacent to an activating group) is 2. The Bertz CT molecular complexity index is 897. The lowest BCUT2D eigenvalue weighted by Crippen LogP contribution is -2.30. The molecule has 2 aliphatic heterocycles. The fourth-order valence-electron chi connectivity index (χ4n) is 3.55. The number of thioether (sulfide) groups is 1. The number of allylic oxidation sites excluding steroid dienone is 4. The van der Waals surface area contributed by atoms with Crippen LogP contribution in [0.3, 0.4) is 0 Å². The molecular weight excluding hydrogens is 356 g/mol. The smallest absolute Gasteiger partial charge is 0.270 e. The van der Waals surface area contributed by atoms with E-state index in [4.69, 9.17) is 0 Å². The van der Waals surface area contributed by atoms with E-state index in [1.165, 1.54) is 11.8 Å². The number of amidine groups is 1. The van der Waals surface area contributed by atoms with Gasteiger partial charge in [0.15, 0.2) is 5.17 Å². The number of benzene rings is 1. The Hall–Kier alpha value is -2.73. The molecule has 0 saturated carbocycles. The third-order valence-electron chi connectivity index (χ3n) is 4.89. The van der Waals surface area contributed by atoms with Crippen molar-refractivity contribution >= 4 is 22.8 Å². The summed E-state index contributed by atoms with van der Waals surface area (Å²) in [5, 5.41) is 0.737. The summed E-state index contributed by atoms with van der Waals surface area (Å²) in [6.45, 7) is 0.524. The summed E-state index contributed by atoms with van der Waals surface area (Å²) in [5.74, 6) is 0.909. The molecule has 1 fully saturated rings. The standard InChI is InChI=1S/C21H22N4OS/c1-22-21-25(14-15-10-6-4-7-11-15)20(26)18(27-21)19-23(2)16-12-8-5-9-13-17(16)24(19)3/h4,6-13H,5,14H2,1-3H3. The summed E-state index contributed by atoms with van der Waals surface area (Å²) in [6, 6.07) is 10.0. The second-order valence-electron chi connectivity index (χ2n) is 6.57. The zero-order valence-electron chi connectivity index (χ0n) is 15.7. The lowest BCUT2D eigenvalue weighted by atomic mass is 10.2. The number of amides is 1. The fraction of sp³-hybridized carbons (Fsp3) is 0.238. The van der Waals surface area contributed by atoms with Crippen molar-refractivity contribution in [2.75, 3.05) is 21.1 Å². The van der Waals surface area contributed by atoms with Gasteiger partial charge in [0.2, 0.25) is 0 Å². The SMILES string of the molecule is CN=C1SC(=C2N(C)C3=C(C=CCC=C3)N2C)C(=O)N1Cc1ccccc1. The monoisotopic (exact) mass is 378 g/mol. The van der Waals surface area contributed by atoms with E-state index in [0.717, 1.165) is 34.4 Å². The molecule has 6 heteroatoms. The molecule has 1 saturated heterocycles. The fourth-order valence-corrected chi connectivity index (χ4v) is 4.64. The van der Waals surface area contributed by atoms with Crippen LogP contribution < -0.4 is 0 Å². The van der Waals surface area contributed by atoms with Gasteiger partial charge in [0.25, 0.3) is 5.91 Å². The van der Waals surface area contributed by atoms with Gasteiger partial charge in [0.1, 0.15) is 10.7 Å². The van der Waals surface area contributed by atoms with Crippen molar-refractivity contribution in [3.63, 3.8) is 0 Å². The van der Waals surface area contributed by atoms with E-state index in [9.17, 15) is 4.79 Å². The van der Waals surface area contributed by atoms with E-state index in [-0.39, 0.29) is 5.91 Å². The third kappa shape index (κ3) is 3.00. The van der Waals surface area contributed by atoms with E-state index < -0.39 is 0 Å². The molecule has 5 nitrogen and oxygen atoms in total. The predicted molar refractivity (Wildman–Crippen MR) is 110 cm³/mol. The average Bonchev–Trinajstić information content (AvgIpc) is 2.98. The number of carbonyl (C=O) groups excluding carboxylic acids is 1. The third-order valence-corrected chi connectivity index (χ3v) is 6.03. The highest BCUT2D eigenvalue weighted by atomic mass is 32.2. The lowest BCUT2D eigenvalue weighted by Gasteiger charge is -2.22. The number of nitrogens with zero attached hydrogens (tertiary/aromatic N) is 4. The lowest BCUT2D eigenvalue weighted by molar-refractivity contribution is -0.122. The number of rotatable bonds is 2. The van der Waals surface area contributed by atoms with Crippen LogP contribution in [0.2, 0.25) is 0 Å². The first-order valence-corrected chi connectivity index (χ1v) is 9.73. The van der Waals surface area contributed by atoms with Crippen LogP contribution in [0.25, 0.3) is 0 Å². The summed E-state index contributed by atoms with van der Waals surface area (Å²) in [6.07, 6.45) is 9.45. The van der Waals surface area contributed by atoms with Crippen LogP contribution >= 0.6 is 11.8 Å². The molecule has 0 aromatic heterocycles. The molecule has 0 spiro atoms. The molecule has 138 valence electrons. The summed E-state index contributed by atoms with van der Waals surface area (Å²) in [5.41, 5.74) is 3.31. The van der Waals surface area contributed by atoms with Crippen molar-refractivity contribution in [1.29, 1.82) is 0 Å². The zero-order chi connectivity index (χ0) is 19.0. The summed E-state index contributed by atoms with van der Waals surface area (Å²) in [4.78, 5) is 24.3. The number of carbonyl (C=O) groups is 1. The van der Waals surface area contributed by atoms with Gasteiger partial charge in [-0.3, -0.25) is 14.7 Å². The second-order valence-corrected chi connectivity index (χ2v) is 7.54. The van der Waals surface area contributed by atoms with Gasteiger partial charge >= 0.3 is 0 Å². The van der Waals surface area contributed by atoms with Gasteiger partial charge in [0, 0.05) is 21.1 Å². The van der Waals surface area contributed by atoms with Crippen LogP contribution in [0.15, 0.2) is 81.7 Å². The quantitative estimate of drug-likeness (QED) is 0.738. The maximum atomic E-state index is 13.3. The molecule has 0 unspecified atom stereocenters. The van der Waals surface area contributed by atoms with Crippen LogP contribution in [0.5, 0.6) is 0 Å². The molecule has 1 aromatic carbocycles. The molecule has 0 N–H and O–H groups in total. The Morgan fingerprint density at radius 3 is 2.26 bits per heavy atom. The summed E-state index contributed by atoms with van der Waals surface area (Å²) < 4.78 is 0. The number of aliphatic imine (C=N–C) groups is 1. The van der Waals surface area contributed by atoms with Crippen molar-refractivity contribution in [1.82, 2.24) is 14.7 Å². The maximum Gasteiger partial charge on any atom is 0.270 e. The largest absolute Gasteiger partial charge is 0.328 e. The van der Waals surface area contributed by atoms with Gasteiger partial charge in [-0.25, -0.2) is 0 Å². The van der Waals surface area contributed by atoms with Crippen LogP contribution in [0, 0.1) is 0 Å². The molecule has 1 amide bonds. The average molecular weight is 379 g/mol. The Morgan fingerprint density at radius 1 is 1.04 bits per heavy atom. The number of hydrogen-bond donors (Lipinski definition) is 0.